The number of likely N-dealkylation sites (N-methyl/N-ethyl adjacent to an activating group) is 1. The van der Waals surface area contributed by atoms with Gasteiger partial charge in [-0.2, -0.15) is 0 Å². The first-order chi connectivity index (χ1) is 13.4. The highest BCUT2D eigenvalue weighted by Crippen LogP contribution is 2.33. The van der Waals surface area contributed by atoms with Crippen LogP contribution in [0.15, 0.2) is 24.5 Å². The van der Waals surface area contributed by atoms with Crippen LogP contribution in [-0.4, -0.2) is 59.5 Å². The molecule has 1 N–H and O–H groups in total. The average molecular weight is 389 g/mol. The molecule has 2 saturated heterocycles. The molecule has 2 aromatic rings. The molecule has 0 spiro atoms. The summed E-state index contributed by atoms with van der Waals surface area (Å²) in [5, 5.41) is 3.52. The van der Waals surface area contributed by atoms with Crippen LogP contribution in [0.3, 0.4) is 0 Å². The lowest BCUT2D eigenvalue weighted by Crippen LogP contribution is -2.53. The Kier molecular flexibility index (Phi) is 5.14. The molecule has 4 rings (SSSR count). The number of rotatable bonds is 4. The molecule has 2 aliphatic rings. The molecule has 1 aromatic carbocycles. The number of anilines is 1. The highest BCUT2D eigenvalue weighted by atomic mass is 19.3. The monoisotopic (exact) mass is 389 g/mol. The number of aromatic nitrogens is 2. The summed E-state index contributed by atoms with van der Waals surface area (Å²) in [5.41, 5.74) is 1.49. The summed E-state index contributed by atoms with van der Waals surface area (Å²) >= 11 is 0. The number of hydrogen-bond acceptors (Lipinski definition) is 5. The van der Waals surface area contributed by atoms with Gasteiger partial charge in [0, 0.05) is 50.7 Å². The Balaban J connectivity index is 1.60. The molecule has 28 heavy (non-hydrogen) atoms. The smallest absolute Gasteiger partial charge is 0.266 e. The van der Waals surface area contributed by atoms with Gasteiger partial charge < -0.3 is 15.1 Å². The van der Waals surface area contributed by atoms with Crippen LogP contribution in [0.25, 0.3) is 11.0 Å². The predicted molar refractivity (Wildman–Crippen MR) is 103 cm³/mol. The average Bonchev–Trinajstić information content (AvgIpc) is 2.98. The van der Waals surface area contributed by atoms with Gasteiger partial charge in [0.05, 0.1) is 17.2 Å². The summed E-state index contributed by atoms with van der Waals surface area (Å²) in [5.74, 6) is 0.546. The Morgan fingerprint density at radius 3 is 2.61 bits per heavy atom. The second-order valence-electron chi connectivity index (χ2n) is 7.94. The van der Waals surface area contributed by atoms with Gasteiger partial charge in [0.1, 0.15) is 5.52 Å². The third-order valence-electron chi connectivity index (χ3n) is 5.73. The summed E-state index contributed by atoms with van der Waals surface area (Å²) in [6.45, 7) is 4.47. The van der Waals surface area contributed by atoms with Crippen molar-refractivity contribution in [3.8, 4) is 0 Å². The van der Waals surface area contributed by atoms with Gasteiger partial charge in [-0.3, -0.25) is 14.8 Å². The number of alkyl halides is 2. The van der Waals surface area contributed by atoms with Gasteiger partial charge in [-0.1, -0.05) is 6.92 Å². The summed E-state index contributed by atoms with van der Waals surface area (Å²) in [6, 6.07) is 3.20. The number of fused-ring (bicyclic) bond motifs is 1. The van der Waals surface area contributed by atoms with Crippen LogP contribution in [0.5, 0.6) is 0 Å². The fourth-order valence-corrected chi connectivity index (χ4v) is 4.43. The van der Waals surface area contributed by atoms with Gasteiger partial charge in [-0.25, -0.2) is 8.78 Å². The minimum absolute atomic E-state index is 0.0915. The van der Waals surface area contributed by atoms with Crippen LogP contribution >= 0.6 is 0 Å². The molecule has 0 saturated carbocycles. The van der Waals surface area contributed by atoms with Crippen LogP contribution in [-0.2, 0) is 4.79 Å². The van der Waals surface area contributed by atoms with Gasteiger partial charge in [0.15, 0.2) is 0 Å². The molecule has 1 amide bonds. The number of hydrogen-bond donors (Lipinski definition) is 1. The van der Waals surface area contributed by atoms with E-state index in [-0.39, 0.29) is 29.1 Å². The highest BCUT2D eigenvalue weighted by Gasteiger charge is 2.34. The number of benzene rings is 1. The van der Waals surface area contributed by atoms with E-state index < -0.39 is 6.43 Å². The molecule has 6 nitrogen and oxygen atoms in total. The predicted octanol–water partition coefficient (Wildman–Crippen LogP) is 2.60. The second kappa shape index (κ2) is 7.58. The lowest BCUT2D eigenvalue weighted by Gasteiger charge is -2.39. The van der Waals surface area contributed by atoms with E-state index >= 15 is 0 Å². The second-order valence-corrected chi connectivity index (χ2v) is 7.94. The topological polar surface area (TPSA) is 61.4 Å². The number of carbonyl (C=O) groups is 1. The van der Waals surface area contributed by atoms with Crippen molar-refractivity contribution in [3.63, 3.8) is 0 Å². The van der Waals surface area contributed by atoms with E-state index in [2.05, 4.69) is 27.1 Å². The zero-order valence-electron chi connectivity index (χ0n) is 16.1. The lowest BCUT2D eigenvalue weighted by atomic mass is 9.94. The number of nitrogens with zero attached hydrogens (tertiary/aromatic N) is 4. The Morgan fingerprint density at radius 1 is 1.18 bits per heavy atom. The number of nitrogens with one attached hydrogen (secondary N) is 1. The van der Waals surface area contributed by atoms with Crippen molar-refractivity contribution >= 4 is 22.6 Å². The Labute approximate surface area is 162 Å². The third-order valence-corrected chi connectivity index (χ3v) is 5.73. The molecule has 3 heterocycles. The standard InChI is InChI=1S/C20H25F2N5O/c1-12-9-13(25-15-5-8-26(2)20(15)28)11-27(10-12)16-4-3-14(19(21)22)17-18(16)24-7-6-23-17/h3-4,6-7,12-13,15,19,25H,5,8-11H2,1-2H3/t12-,13+,15?/m0/s1. The van der Waals surface area contributed by atoms with Crippen molar-refractivity contribution in [2.24, 2.45) is 5.92 Å². The normalized spacial score (nSPS) is 25.9. The first-order valence-electron chi connectivity index (χ1n) is 9.71. The van der Waals surface area contributed by atoms with Crippen molar-refractivity contribution in [1.82, 2.24) is 20.2 Å². The van der Waals surface area contributed by atoms with Crippen molar-refractivity contribution in [1.29, 1.82) is 0 Å². The van der Waals surface area contributed by atoms with Crippen molar-refractivity contribution < 1.29 is 13.6 Å². The maximum absolute atomic E-state index is 13.4. The largest absolute Gasteiger partial charge is 0.368 e. The summed E-state index contributed by atoms with van der Waals surface area (Å²) in [7, 11) is 1.83. The van der Waals surface area contributed by atoms with Gasteiger partial charge >= 0.3 is 0 Å². The van der Waals surface area contributed by atoms with Crippen LogP contribution in [0.2, 0.25) is 0 Å². The van der Waals surface area contributed by atoms with Crippen LogP contribution < -0.4 is 10.2 Å². The molecule has 2 fully saturated rings. The summed E-state index contributed by atoms with van der Waals surface area (Å²) < 4.78 is 26.7. The van der Waals surface area contributed by atoms with E-state index in [1.807, 2.05) is 7.05 Å². The quantitative estimate of drug-likeness (QED) is 0.871. The van der Waals surface area contributed by atoms with Crippen molar-refractivity contribution in [2.45, 2.75) is 38.3 Å². The SMILES string of the molecule is C[C@H]1C[C@@H](NC2CCN(C)C2=O)CN(c2ccc(C(F)F)c3nccnc23)C1. The molecule has 2 aliphatic heterocycles. The zero-order chi connectivity index (χ0) is 19.8. The van der Waals surface area contributed by atoms with E-state index in [0.29, 0.717) is 18.0 Å². The van der Waals surface area contributed by atoms with Gasteiger partial charge in [-0.05, 0) is 30.9 Å². The van der Waals surface area contributed by atoms with Gasteiger partial charge in [0.2, 0.25) is 5.91 Å². The van der Waals surface area contributed by atoms with Crippen LogP contribution in [0, 0.1) is 5.92 Å². The zero-order valence-corrected chi connectivity index (χ0v) is 16.1. The molecular formula is C20H25F2N5O. The Hall–Kier alpha value is -2.35. The van der Waals surface area contributed by atoms with E-state index in [0.717, 1.165) is 31.6 Å². The van der Waals surface area contributed by atoms with Crippen molar-refractivity contribution in [3.05, 3.63) is 30.1 Å². The number of amides is 1. The Bertz CT molecular complexity index is 877. The van der Waals surface area contributed by atoms with E-state index in [9.17, 15) is 13.6 Å². The lowest BCUT2D eigenvalue weighted by molar-refractivity contribution is -0.128. The molecular weight excluding hydrogens is 364 g/mol. The number of piperidine rings is 1. The first kappa shape index (κ1) is 19.0. The maximum atomic E-state index is 13.4. The van der Waals surface area contributed by atoms with Gasteiger partial charge in [0.25, 0.3) is 6.43 Å². The highest BCUT2D eigenvalue weighted by molar-refractivity contribution is 5.90. The van der Waals surface area contributed by atoms with Crippen molar-refractivity contribution in [2.75, 3.05) is 31.6 Å². The molecule has 150 valence electrons. The molecule has 0 bridgehead atoms. The van der Waals surface area contributed by atoms with Crippen LogP contribution in [0.1, 0.15) is 31.8 Å². The van der Waals surface area contributed by atoms with Crippen LogP contribution in [0.4, 0.5) is 14.5 Å². The molecule has 0 aliphatic carbocycles. The molecule has 1 unspecified atom stereocenters. The fourth-order valence-electron chi connectivity index (χ4n) is 4.43. The summed E-state index contributed by atoms with van der Waals surface area (Å²) in [4.78, 5) is 24.7. The number of carbonyl (C=O) groups excluding carboxylic acids is 1. The third kappa shape index (κ3) is 3.53. The Morgan fingerprint density at radius 2 is 1.93 bits per heavy atom. The minimum Gasteiger partial charge on any atom is -0.368 e. The molecule has 1 aromatic heterocycles. The van der Waals surface area contributed by atoms with Gasteiger partial charge in [-0.15, -0.1) is 0 Å². The molecule has 0 radical (unpaired) electrons. The number of likely N-dealkylation sites (tertiary alicyclic amines) is 1. The van der Waals surface area contributed by atoms with E-state index in [1.165, 1.54) is 18.5 Å². The first-order valence-corrected chi connectivity index (χ1v) is 9.71. The summed E-state index contributed by atoms with van der Waals surface area (Å²) in [6.07, 6.45) is 2.19. The minimum atomic E-state index is -2.59. The maximum Gasteiger partial charge on any atom is 0.266 e. The molecule has 3 atom stereocenters. The molecule has 8 heteroatoms. The number of halogens is 2. The van der Waals surface area contributed by atoms with E-state index in [1.54, 1.807) is 11.0 Å². The van der Waals surface area contributed by atoms with E-state index in [4.69, 9.17) is 0 Å². The fraction of sp³-hybridized carbons (Fsp3) is 0.550.